The van der Waals surface area contributed by atoms with E-state index >= 15 is 0 Å². The van der Waals surface area contributed by atoms with Crippen molar-refractivity contribution < 1.29 is 14.0 Å². The van der Waals surface area contributed by atoms with Gasteiger partial charge in [0.05, 0.1) is 16.4 Å². The Morgan fingerprint density at radius 3 is 2.68 bits per heavy atom. The Labute approximate surface area is 156 Å². The Bertz CT molecular complexity index is 834. The molecule has 0 atom stereocenters. The zero-order chi connectivity index (χ0) is 18.4. The largest absolute Gasteiger partial charge is 0.455 e. The molecule has 3 rings (SSSR count). The highest BCUT2D eigenvalue weighted by atomic mass is 35.5. The SMILES string of the molecule is CCN(Cc1ccc(Cl)s1)C(=O)c1oc2c(c1C)C(=O)CC(C)(C)C2. The van der Waals surface area contributed by atoms with E-state index in [1.165, 1.54) is 11.3 Å². The zero-order valence-corrected chi connectivity index (χ0v) is 16.5. The van der Waals surface area contributed by atoms with Crippen LogP contribution in [0.3, 0.4) is 0 Å². The number of hydrogen-bond acceptors (Lipinski definition) is 4. The van der Waals surface area contributed by atoms with Crippen LogP contribution in [-0.2, 0) is 13.0 Å². The number of fused-ring (bicyclic) bond motifs is 1. The van der Waals surface area contributed by atoms with E-state index in [9.17, 15) is 9.59 Å². The molecule has 0 bridgehead atoms. The molecule has 0 fully saturated rings. The van der Waals surface area contributed by atoms with Gasteiger partial charge in [0.25, 0.3) is 5.91 Å². The monoisotopic (exact) mass is 379 g/mol. The molecule has 6 heteroatoms. The quantitative estimate of drug-likeness (QED) is 0.740. The van der Waals surface area contributed by atoms with Crippen LogP contribution >= 0.6 is 22.9 Å². The Kier molecular flexibility index (Phi) is 4.82. The molecule has 2 heterocycles. The van der Waals surface area contributed by atoms with Gasteiger partial charge in [-0.15, -0.1) is 11.3 Å². The number of nitrogens with zero attached hydrogens (tertiary/aromatic N) is 1. The van der Waals surface area contributed by atoms with E-state index in [1.54, 1.807) is 4.90 Å². The summed E-state index contributed by atoms with van der Waals surface area (Å²) in [5.41, 5.74) is 1.15. The molecule has 0 N–H and O–H groups in total. The molecule has 25 heavy (non-hydrogen) atoms. The average Bonchev–Trinajstić information content (AvgIpc) is 3.06. The van der Waals surface area contributed by atoms with Crippen molar-refractivity contribution in [1.29, 1.82) is 0 Å². The smallest absolute Gasteiger partial charge is 0.290 e. The second-order valence-electron chi connectivity index (χ2n) is 7.32. The van der Waals surface area contributed by atoms with E-state index in [0.29, 0.717) is 52.9 Å². The van der Waals surface area contributed by atoms with Crippen molar-refractivity contribution in [1.82, 2.24) is 4.90 Å². The van der Waals surface area contributed by atoms with Crippen molar-refractivity contribution in [3.8, 4) is 0 Å². The van der Waals surface area contributed by atoms with Crippen LogP contribution in [-0.4, -0.2) is 23.1 Å². The standard InChI is InChI=1S/C19H22ClNO3S/c1-5-21(10-12-6-7-15(20)25-12)18(23)17-11(2)16-13(22)8-19(3,4)9-14(16)24-17/h6-7H,5,8-10H2,1-4H3. The molecule has 0 saturated heterocycles. The highest BCUT2D eigenvalue weighted by Gasteiger charge is 2.37. The first-order valence-corrected chi connectivity index (χ1v) is 9.60. The van der Waals surface area contributed by atoms with Gasteiger partial charge in [0, 0.05) is 29.8 Å². The van der Waals surface area contributed by atoms with E-state index < -0.39 is 0 Å². The maximum atomic E-state index is 13.0. The van der Waals surface area contributed by atoms with Crippen LogP contribution in [0.5, 0.6) is 0 Å². The van der Waals surface area contributed by atoms with Crippen molar-refractivity contribution in [3.63, 3.8) is 0 Å². The second kappa shape index (κ2) is 6.61. The summed E-state index contributed by atoms with van der Waals surface area (Å²) in [7, 11) is 0. The normalized spacial score (nSPS) is 16.0. The van der Waals surface area contributed by atoms with Gasteiger partial charge in [-0.05, 0) is 31.4 Å². The Morgan fingerprint density at radius 1 is 1.36 bits per heavy atom. The molecule has 1 aliphatic rings. The van der Waals surface area contributed by atoms with E-state index in [4.69, 9.17) is 16.0 Å². The first-order chi connectivity index (χ1) is 11.7. The van der Waals surface area contributed by atoms with Crippen LogP contribution in [0, 0.1) is 12.3 Å². The van der Waals surface area contributed by atoms with Gasteiger partial charge < -0.3 is 9.32 Å². The highest BCUT2D eigenvalue weighted by molar-refractivity contribution is 7.16. The number of halogens is 1. The predicted molar refractivity (Wildman–Crippen MR) is 99.6 cm³/mol. The first kappa shape index (κ1) is 18.2. The van der Waals surface area contributed by atoms with Gasteiger partial charge in [-0.25, -0.2) is 0 Å². The van der Waals surface area contributed by atoms with Gasteiger partial charge in [0.1, 0.15) is 5.76 Å². The third-order valence-corrected chi connectivity index (χ3v) is 5.83. The fourth-order valence-electron chi connectivity index (χ4n) is 3.38. The van der Waals surface area contributed by atoms with Crippen LogP contribution < -0.4 is 0 Å². The van der Waals surface area contributed by atoms with Crippen LogP contribution in [0.4, 0.5) is 0 Å². The Morgan fingerprint density at radius 2 is 2.08 bits per heavy atom. The third-order valence-electron chi connectivity index (χ3n) is 4.62. The molecule has 0 aromatic carbocycles. The lowest BCUT2D eigenvalue weighted by atomic mass is 9.76. The second-order valence-corrected chi connectivity index (χ2v) is 9.12. The number of carbonyl (C=O) groups excluding carboxylic acids is 2. The van der Waals surface area contributed by atoms with Crippen molar-refractivity contribution >= 4 is 34.6 Å². The van der Waals surface area contributed by atoms with E-state index in [2.05, 4.69) is 0 Å². The number of hydrogen-bond donors (Lipinski definition) is 0. The van der Waals surface area contributed by atoms with Crippen molar-refractivity contribution in [2.45, 2.75) is 47.1 Å². The van der Waals surface area contributed by atoms with Gasteiger partial charge in [0.2, 0.25) is 0 Å². The molecule has 1 aliphatic carbocycles. The summed E-state index contributed by atoms with van der Waals surface area (Å²) < 4.78 is 6.60. The molecule has 0 saturated carbocycles. The molecular weight excluding hydrogens is 358 g/mol. The molecule has 134 valence electrons. The third kappa shape index (κ3) is 3.53. The van der Waals surface area contributed by atoms with Crippen LogP contribution in [0.1, 0.15) is 64.3 Å². The number of ketones is 1. The Balaban J connectivity index is 1.90. The number of carbonyl (C=O) groups is 2. The van der Waals surface area contributed by atoms with Gasteiger partial charge in [-0.2, -0.15) is 0 Å². The van der Waals surface area contributed by atoms with Crippen molar-refractivity contribution in [3.05, 3.63) is 44.0 Å². The molecule has 0 unspecified atom stereocenters. The summed E-state index contributed by atoms with van der Waals surface area (Å²) in [6, 6.07) is 3.76. The number of rotatable bonds is 4. The molecule has 0 radical (unpaired) electrons. The van der Waals surface area contributed by atoms with Gasteiger partial charge >= 0.3 is 0 Å². The number of amides is 1. The summed E-state index contributed by atoms with van der Waals surface area (Å²) >= 11 is 7.44. The zero-order valence-electron chi connectivity index (χ0n) is 14.9. The lowest BCUT2D eigenvalue weighted by molar-refractivity contribution is 0.0715. The molecule has 0 aliphatic heterocycles. The average molecular weight is 380 g/mol. The van der Waals surface area contributed by atoms with E-state index in [-0.39, 0.29) is 17.1 Å². The minimum absolute atomic E-state index is 0.0691. The molecule has 0 spiro atoms. The summed E-state index contributed by atoms with van der Waals surface area (Å²) in [5, 5.41) is 0. The maximum Gasteiger partial charge on any atom is 0.290 e. The predicted octanol–water partition coefficient (Wildman–Crippen LogP) is 5.12. The molecule has 1 amide bonds. The number of furan rings is 1. The van der Waals surface area contributed by atoms with Crippen LogP contribution in [0.15, 0.2) is 16.5 Å². The first-order valence-electron chi connectivity index (χ1n) is 8.41. The van der Waals surface area contributed by atoms with Crippen molar-refractivity contribution in [2.24, 2.45) is 5.41 Å². The van der Waals surface area contributed by atoms with Gasteiger partial charge in [-0.1, -0.05) is 25.4 Å². The Hall–Kier alpha value is -1.59. The van der Waals surface area contributed by atoms with E-state index in [1.807, 2.05) is 39.8 Å². The summed E-state index contributed by atoms with van der Waals surface area (Å²) in [6.07, 6.45) is 1.16. The minimum Gasteiger partial charge on any atom is -0.455 e. The molecule has 4 nitrogen and oxygen atoms in total. The summed E-state index contributed by atoms with van der Waals surface area (Å²) in [5.74, 6) is 0.835. The topological polar surface area (TPSA) is 50.5 Å². The van der Waals surface area contributed by atoms with Crippen LogP contribution in [0.25, 0.3) is 0 Å². The maximum absolute atomic E-state index is 13.0. The summed E-state index contributed by atoms with van der Waals surface area (Å²) in [6.45, 7) is 8.87. The lowest BCUT2D eigenvalue weighted by Gasteiger charge is -2.27. The van der Waals surface area contributed by atoms with Gasteiger partial charge in [-0.3, -0.25) is 9.59 Å². The minimum atomic E-state index is -0.176. The number of Topliss-reactive ketones (excluding diaryl/α,β-unsaturated/α-hetero) is 1. The van der Waals surface area contributed by atoms with Gasteiger partial charge in [0.15, 0.2) is 11.5 Å². The lowest BCUT2D eigenvalue weighted by Crippen LogP contribution is -2.30. The number of thiophene rings is 1. The van der Waals surface area contributed by atoms with Crippen LogP contribution in [0.2, 0.25) is 4.34 Å². The fraction of sp³-hybridized carbons (Fsp3) is 0.474. The highest BCUT2D eigenvalue weighted by Crippen LogP contribution is 2.38. The molecule has 2 aromatic heterocycles. The molecule has 2 aromatic rings. The van der Waals surface area contributed by atoms with E-state index in [0.717, 1.165) is 4.88 Å². The van der Waals surface area contributed by atoms with Crippen molar-refractivity contribution in [2.75, 3.05) is 6.54 Å². The fourth-order valence-corrected chi connectivity index (χ4v) is 4.49. The summed E-state index contributed by atoms with van der Waals surface area (Å²) in [4.78, 5) is 28.2. The molecular formula is C19H22ClNO3S.